The number of aromatic nitrogens is 2. The maximum absolute atomic E-state index is 13.1. The first-order valence-electron chi connectivity index (χ1n) is 7.56. The quantitative estimate of drug-likeness (QED) is 0.661. The molecule has 0 aliphatic heterocycles. The van der Waals surface area contributed by atoms with Gasteiger partial charge in [-0.1, -0.05) is 11.2 Å². The largest absolute Gasteiger partial charge is 0.442 e. The Balaban J connectivity index is 1.57. The molecule has 0 aliphatic carbocycles. The van der Waals surface area contributed by atoms with E-state index in [1.807, 2.05) is 0 Å². The lowest BCUT2D eigenvalue weighted by molar-refractivity contribution is -0.124. The zero-order valence-electron chi connectivity index (χ0n) is 13.6. The summed E-state index contributed by atoms with van der Waals surface area (Å²) in [7, 11) is 0. The molecular formula is C16H12F2N4O4S. The Morgan fingerprint density at radius 3 is 2.70 bits per heavy atom. The van der Waals surface area contributed by atoms with Crippen LogP contribution in [0.15, 0.2) is 45.0 Å². The number of carbonyl (C=O) groups is 2. The van der Waals surface area contributed by atoms with E-state index in [1.165, 1.54) is 17.4 Å². The zero-order chi connectivity index (χ0) is 19.4. The van der Waals surface area contributed by atoms with Crippen molar-refractivity contribution in [1.29, 1.82) is 0 Å². The number of halogens is 2. The molecule has 1 aromatic carbocycles. The Hall–Kier alpha value is -3.34. The molecule has 3 rings (SSSR count). The molecule has 0 aliphatic rings. The number of nitrogens with one attached hydrogen (secondary N) is 2. The number of hydrogen-bond donors (Lipinski definition) is 2. The summed E-state index contributed by atoms with van der Waals surface area (Å²) in [5.74, 6) is -4.02. The average molecular weight is 394 g/mol. The third-order valence-electron chi connectivity index (χ3n) is 3.38. The minimum Gasteiger partial charge on any atom is -0.345 e. The van der Waals surface area contributed by atoms with Crippen LogP contribution in [0, 0.1) is 11.6 Å². The van der Waals surface area contributed by atoms with Crippen LogP contribution in [0.25, 0.3) is 10.7 Å². The third-order valence-corrected chi connectivity index (χ3v) is 4.24. The minimum absolute atomic E-state index is 0.0448. The summed E-state index contributed by atoms with van der Waals surface area (Å²) in [6, 6.07) is 6.34. The van der Waals surface area contributed by atoms with E-state index >= 15 is 0 Å². The van der Waals surface area contributed by atoms with Crippen LogP contribution in [0.5, 0.6) is 0 Å². The maximum atomic E-state index is 13.1. The number of anilines is 1. The number of thiophene rings is 1. The summed E-state index contributed by atoms with van der Waals surface area (Å²) in [6.45, 7) is -0.819. The van der Waals surface area contributed by atoms with Crippen molar-refractivity contribution in [3.05, 3.63) is 57.9 Å². The zero-order valence-corrected chi connectivity index (χ0v) is 14.4. The second-order valence-corrected chi connectivity index (χ2v) is 6.24. The fraction of sp³-hybridized carbons (Fsp3) is 0.125. The van der Waals surface area contributed by atoms with Gasteiger partial charge in [0.25, 0.3) is 0 Å². The standard InChI is InChI=1S/C16H12F2N4O4S/c17-10-4-3-9(6-11(10)18)20-13(23)7-19-14(24)8-22-15(21-26-16(22)25)12-2-1-5-27-12/h1-6H,7-8H2,(H,19,24)(H,20,23). The van der Waals surface area contributed by atoms with Crippen molar-refractivity contribution in [3.63, 3.8) is 0 Å². The minimum atomic E-state index is -1.11. The van der Waals surface area contributed by atoms with E-state index in [-0.39, 0.29) is 11.5 Å². The molecule has 3 aromatic rings. The number of hydrogen-bond acceptors (Lipinski definition) is 6. The Bertz CT molecular complexity index is 1030. The summed E-state index contributed by atoms with van der Waals surface area (Å²) in [5.41, 5.74) is 0.0448. The van der Waals surface area contributed by atoms with Gasteiger partial charge < -0.3 is 10.6 Å². The van der Waals surface area contributed by atoms with Gasteiger partial charge in [0.2, 0.25) is 11.8 Å². The molecule has 0 saturated heterocycles. The molecule has 8 nitrogen and oxygen atoms in total. The van der Waals surface area contributed by atoms with Gasteiger partial charge in [-0.3, -0.25) is 14.1 Å². The fourth-order valence-electron chi connectivity index (χ4n) is 2.15. The molecule has 0 radical (unpaired) electrons. The Labute approximate surface area is 154 Å². The highest BCUT2D eigenvalue weighted by molar-refractivity contribution is 7.13. The van der Waals surface area contributed by atoms with Crippen LogP contribution in [0.3, 0.4) is 0 Å². The highest BCUT2D eigenvalue weighted by Crippen LogP contribution is 2.21. The molecule has 0 bridgehead atoms. The number of nitrogens with zero attached hydrogens (tertiary/aromatic N) is 2. The van der Waals surface area contributed by atoms with E-state index in [0.29, 0.717) is 4.88 Å². The number of carbonyl (C=O) groups excluding carboxylic acids is 2. The van der Waals surface area contributed by atoms with Gasteiger partial charge in [-0.25, -0.2) is 18.1 Å². The molecule has 27 heavy (non-hydrogen) atoms. The normalized spacial score (nSPS) is 10.6. The Kier molecular flexibility index (Phi) is 5.41. The maximum Gasteiger partial charge on any atom is 0.442 e. The van der Waals surface area contributed by atoms with Gasteiger partial charge in [0.1, 0.15) is 6.54 Å². The van der Waals surface area contributed by atoms with Gasteiger partial charge in [0, 0.05) is 11.8 Å². The summed E-state index contributed by atoms with van der Waals surface area (Å²) >= 11 is 1.32. The molecule has 0 fully saturated rings. The first-order chi connectivity index (χ1) is 12.9. The van der Waals surface area contributed by atoms with E-state index in [0.717, 1.165) is 16.7 Å². The molecule has 2 heterocycles. The van der Waals surface area contributed by atoms with Crippen LogP contribution in [0.2, 0.25) is 0 Å². The highest BCUT2D eigenvalue weighted by Gasteiger charge is 2.17. The van der Waals surface area contributed by atoms with Gasteiger partial charge in [0.15, 0.2) is 17.5 Å². The van der Waals surface area contributed by atoms with Crippen LogP contribution in [0.1, 0.15) is 0 Å². The molecule has 2 aromatic heterocycles. The molecule has 2 amide bonds. The molecule has 140 valence electrons. The molecule has 11 heteroatoms. The fourth-order valence-corrected chi connectivity index (χ4v) is 2.86. The van der Waals surface area contributed by atoms with Crippen molar-refractivity contribution in [1.82, 2.24) is 15.0 Å². The van der Waals surface area contributed by atoms with E-state index in [4.69, 9.17) is 0 Å². The molecule has 2 N–H and O–H groups in total. The van der Waals surface area contributed by atoms with E-state index < -0.39 is 42.3 Å². The predicted octanol–water partition coefficient (Wildman–Crippen LogP) is 1.60. The molecule has 0 unspecified atom stereocenters. The van der Waals surface area contributed by atoms with Gasteiger partial charge >= 0.3 is 5.76 Å². The van der Waals surface area contributed by atoms with Crippen LogP contribution >= 0.6 is 11.3 Å². The monoisotopic (exact) mass is 394 g/mol. The van der Waals surface area contributed by atoms with Gasteiger partial charge in [-0.2, -0.15) is 0 Å². The summed E-state index contributed by atoms with van der Waals surface area (Å²) in [5, 5.41) is 10.1. The number of rotatable bonds is 6. The van der Waals surface area contributed by atoms with Gasteiger partial charge in [0.05, 0.1) is 11.4 Å². The summed E-state index contributed by atoms with van der Waals surface area (Å²) in [6.07, 6.45) is 0. The molecular weight excluding hydrogens is 382 g/mol. The van der Waals surface area contributed by atoms with Crippen molar-refractivity contribution in [2.45, 2.75) is 6.54 Å². The predicted molar refractivity (Wildman–Crippen MR) is 92.1 cm³/mol. The van der Waals surface area contributed by atoms with E-state index in [1.54, 1.807) is 17.5 Å². The highest BCUT2D eigenvalue weighted by atomic mass is 32.1. The van der Waals surface area contributed by atoms with Crippen molar-refractivity contribution in [2.75, 3.05) is 11.9 Å². The smallest absolute Gasteiger partial charge is 0.345 e. The van der Waals surface area contributed by atoms with Crippen LogP contribution in [0.4, 0.5) is 14.5 Å². The third kappa shape index (κ3) is 4.44. The first kappa shape index (κ1) is 18.5. The molecule has 0 saturated carbocycles. The second-order valence-electron chi connectivity index (χ2n) is 5.29. The SMILES string of the molecule is O=C(Cn1c(-c2cccs2)noc1=O)NCC(=O)Nc1ccc(F)c(F)c1. The van der Waals surface area contributed by atoms with Crippen molar-refractivity contribution in [2.24, 2.45) is 0 Å². The first-order valence-corrected chi connectivity index (χ1v) is 8.44. The summed E-state index contributed by atoms with van der Waals surface area (Å²) in [4.78, 5) is 36.2. The lowest BCUT2D eigenvalue weighted by Crippen LogP contribution is -2.36. The van der Waals surface area contributed by atoms with Crippen LogP contribution in [-0.2, 0) is 16.1 Å². The lowest BCUT2D eigenvalue weighted by Gasteiger charge is -2.08. The van der Waals surface area contributed by atoms with Crippen LogP contribution in [-0.4, -0.2) is 28.1 Å². The van der Waals surface area contributed by atoms with Crippen LogP contribution < -0.4 is 16.4 Å². The second kappa shape index (κ2) is 7.91. The number of amides is 2. The topological polar surface area (TPSA) is 106 Å². The molecule has 0 atom stereocenters. The van der Waals surface area contributed by atoms with Gasteiger partial charge in [-0.15, -0.1) is 11.3 Å². The van der Waals surface area contributed by atoms with Gasteiger partial charge in [-0.05, 0) is 23.6 Å². The lowest BCUT2D eigenvalue weighted by atomic mass is 10.3. The van der Waals surface area contributed by atoms with Crippen molar-refractivity contribution < 1.29 is 22.9 Å². The summed E-state index contributed by atoms with van der Waals surface area (Å²) < 4.78 is 31.6. The van der Waals surface area contributed by atoms with E-state index in [2.05, 4.69) is 20.3 Å². The van der Waals surface area contributed by atoms with Crippen molar-refractivity contribution >= 4 is 28.8 Å². The Morgan fingerprint density at radius 1 is 1.19 bits per heavy atom. The van der Waals surface area contributed by atoms with Crippen molar-refractivity contribution in [3.8, 4) is 10.7 Å². The average Bonchev–Trinajstić information content (AvgIpc) is 3.27. The number of benzene rings is 1. The van der Waals surface area contributed by atoms with E-state index in [9.17, 15) is 23.2 Å². The molecule has 0 spiro atoms. The Morgan fingerprint density at radius 2 is 2.00 bits per heavy atom.